The van der Waals surface area contributed by atoms with Crippen LogP contribution in [0, 0.1) is 5.82 Å². The van der Waals surface area contributed by atoms with Gasteiger partial charge in [0.1, 0.15) is 11.6 Å². The normalized spacial score (nSPS) is 15.4. The fourth-order valence-corrected chi connectivity index (χ4v) is 3.41. The minimum absolute atomic E-state index is 0.246. The quantitative estimate of drug-likeness (QED) is 0.601. The molecule has 2 heterocycles. The van der Waals surface area contributed by atoms with Crippen LogP contribution in [-0.2, 0) is 0 Å². The molecular weight excluding hydrogens is 351 g/mol. The molecule has 0 bridgehead atoms. The first-order valence-corrected chi connectivity index (χ1v) is 9.34. The summed E-state index contributed by atoms with van der Waals surface area (Å²) >= 11 is 0. The van der Waals surface area contributed by atoms with E-state index in [-0.39, 0.29) is 5.82 Å². The second-order valence-corrected chi connectivity index (χ2v) is 6.71. The van der Waals surface area contributed by atoms with E-state index in [2.05, 4.69) is 9.98 Å². The molecular formula is C24H21FN2O. The Balaban J connectivity index is 1.67. The average molecular weight is 372 g/mol. The molecule has 0 N–H and O–H groups in total. The van der Waals surface area contributed by atoms with Gasteiger partial charge in [-0.2, -0.15) is 0 Å². The smallest absolute Gasteiger partial charge is 0.131 e. The van der Waals surface area contributed by atoms with Gasteiger partial charge in [0.15, 0.2) is 0 Å². The summed E-state index contributed by atoms with van der Waals surface area (Å²) in [5, 5.41) is 0. The third-order valence-electron chi connectivity index (χ3n) is 4.85. The van der Waals surface area contributed by atoms with E-state index in [0.29, 0.717) is 5.56 Å². The molecule has 0 saturated carbocycles. The van der Waals surface area contributed by atoms with Crippen LogP contribution in [0.2, 0.25) is 0 Å². The highest BCUT2D eigenvalue weighted by atomic mass is 19.1. The number of benzene rings is 2. The maximum atomic E-state index is 14.9. The lowest BCUT2D eigenvalue weighted by atomic mass is 9.94. The molecule has 2 aromatic carbocycles. The van der Waals surface area contributed by atoms with E-state index < -0.39 is 0 Å². The summed E-state index contributed by atoms with van der Waals surface area (Å²) in [6.07, 6.45) is 7.31. The number of pyridine rings is 1. The summed E-state index contributed by atoms with van der Waals surface area (Å²) in [5.74, 6) is 0.507. The molecule has 1 aliphatic heterocycles. The van der Waals surface area contributed by atoms with Crippen LogP contribution in [0.15, 0.2) is 77.6 Å². The van der Waals surface area contributed by atoms with Crippen molar-refractivity contribution >= 4 is 11.8 Å². The van der Waals surface area contributed by atoms with Gasteiger partial charge in [-0.25, -0.2) is 4.39 Å². The molecule has 0 aliphatic carbocycles. The molecule has 0 saturated heterocycles. The predicted molar refractivity (Wildman–Crippen MR) is 111 cm³/mol. The topological polar surface area (TPSA) is 34.5 Å². The summed E-state index contributed by atoms with van der Waals surface area (Å²) in [6.45, 7) is 0.791. The first-order valence-electron chi connectivity index (χ1n) is 9.34. The Morgan fingerprint density at radius 1 is 1.00 bits per heavy atom. The third kappa shape index (κ3) is 3.86. The van der Waals surface area contributed by atoms with Gasteiger partial charge in [-0.3, -0.25) is 9.98 Å². The number of rotatable bonds is 4. The Morgan fingerprint density at radius 3 is 2.64 bits per heavy atom. The number of halogens is 1. The minimum Gasteiger partial charge on any atom is -0.497 e. The number of nitrogens with zero attached hydrogens (tertiary/aromatic N) is 2. The number of allylic oxidation sites excluding steroid dienone is 1. The van der Waals surface area contributed by atoms with Crippen molar-refractivity contribution in [3.63, 3.8) is 0 Å². The zero-order chi connectivity index (χ0) is 19.3. The van der Waals surface area contributed by atoms with Crippen molar-refractivity contribution in [1.82, 2.24) is 4.98 Å². The fourth-order valence-electron chi connectivity index (χ4n) is 3.41. The van der Waals surface area contributed by atoms with Crippen LogP contribution >= 0.6 is 0 Å². The van der Waals surface area contributed by atoms with Crippen LogP contribution in [0.1, 0.15) is 24.0 Å². The Bertz CT molecular complexity index is 1040. The number of hydrogen-bond acceptors (Lipinski definition) is 3. The highest BCUT2D eigenvalue weighted by Gasteiger charge is 2.15. The number of aliphatic imine (C=N–C) groups is 1. The van der Waals surface area contributed by atoms with Crippen LogP contribution < -0.4 is 4.74 Å². The average Bonchev–Trinajstić information content (AvgIpc) is 2.76. The molecule has 140 valence electrons. The summed E-state index contributed by atoms with van der Waals surface area (Å²) < 4.78 is 20.1. The molecule has 4 heteroatoms. The maximum absolute atomic E-state index is 14.9. The monoisotopic (exact) mass is 372 g/mol. The van der Waals surface area contributed by atoms with Crippen molar-refractivity contribution in [2.75, 3.05) is 13.7 Å². The number of aromatic nitrogens is 1. The second-order valence-electron chi connectivity index (χ2n) is 6.71. The van der Waals surface area contributed by atoms with E-state index in [9.17, 15) is 4.39 Å². The van der Waals surface area contributed by atoms with Gasteiger partial charge in [-0.05, 0) is 65.9 Å². The molecule has 0 unspecified atom stereocenters. The molecule has 0 radical (unpaired) electrons. The van der Waals surface area contributed by atoms with Crippen LogP contribution in [-0.4, -0.2) is 24.4 Å². The molecule has 0 fully saturated rings. The van der Waals surface area contributed by atoms with Gasteiger partial charge in [0.2, 0.25) is 0 Å². The molecule has 3 nitrogen and oxygen atoms in total. The van der Waals surface area contributed by atoms with E-state index in [1.807, 2.05) is 54.6 Å². The second kappa shape index (κ2) is 8.17. The zero-order valence-electron chi connectivity index (χ0n) is 15.7. The standard InChI is InChI=1S/C24H21FN2O/c1-28-22-8-2-5-17(14-22)18-9-10-19(23(25)15-18)13-20-6-4-12-27-24(20)21-7-3-11-26-16-21/h2-3,5,7-11,13-16H,4,6,12H2,1H3/b20-13-. The van der Waals surface area contributed by atoms with Crippen molar-refractivity contribution < 1.29 is 9.13 Å². The molecule has 4 rings (SSSR count). The van der Waals surface area contributed by atoms with Crippen molar-refractivity contribution in [3.8, 4) is 16.9 Å². The van der Waals surface area contributed by atoms with Gasteiger partial charge < -0.3 is 4.74 Å². The molecule has 28 heavy (non-hydrogen) atoms. The summed E-state index contributed by atoms with van der Waals surface area (Å²) in [6, 6.07) is 16.9. The lowest BCUT2D eigenvalue weighted by Gasteiger charge is -2.16. The molecule has 3 aromatic rings. The maximum Gasteiger partial charge on any atom is 0.131 e. The highest BCUT2D eigenvalue weighted by molar-refractivity contribution is 6.15. The van der Waals surface area contributed by atoms with Gasteiger partial charge in [0, 0.05) is 30.1 Å². The Morgan fingerprint density at radius 2 is 1.86 bits per heavy atom. The van der Waals surface area contributed by atoms with E-state index in [1.54, 1.807) is 25.6 Å². The van der Waals surface area contributed by atoms with Crippen molar-refractivity contribution in [2.45, 2.75) is 12.8 Å². The van der Waals surface area contributed by atoms with Gasteiger partial charge in [0.05, 0.1) is 12.8 Å². The molecule has 0 amide bonds. The lowest BCUT2D eigenvalue weighted by molar-refractivity contribution is 0.415. The Hall–Kier alpha value is -3.27. The summed E-state index contributed by atoms with van der Waals surface area (Å²) in [7, 11) is 1.63. The summed E-state index contributed by atoms with van der Waals surface area (Å²) in [4.78, 5) is 8.85. The van der Waals surface area contributed by atoms with Crippen LogP contribution in [0.4, 0.5) is 4.39 Å². The van der Waals surface area contributed by atoms with Crippen molar-refractivity contribution in [1.29, 1.82) is 0 Å². The van der Waals surface area contributed by atoms with E-state index >= 15 is 0 Å². The number of ether oxygens (including phenoxy) is 1. The van der Waals surface area contributed by atoms with Crippen molar-refractivity contribution in [2.24, 2.45) is 4.99 Å². The molecule has 1 aromatic heterocycles. The van der Waals surface area contributed by atoms with Gasteiger partial charge in [0.25, 0.3) is 0 Å². The Labute approximate surface area is 164 Å². The predicted octanol–water partition coefficient (Wildman–Crippen LogP) is 5.56. The lowest BCUT2D eigenvalue weighted by Crippen LogP contribution is -2.12. The number of hydrogen-bond donors (Lipinski definition) is 0. The zero-order valence-corrected chi connectivity index (χ0v) is 15.7. The van der Waals surface area contributed by atoms with Crippen LogP contribution in [0.3, 0.4) is 0 Å². The first-order chi connectivity index (χ1) is 13.7. The highest BCUT2D eigenvalue weighted by Crippen LogP contribution is 2.28. The van der Waals surface area contributed by atoms with E-state index in [0.717, 1.165) is 53.1 Å². The molecule has 1 aliphatic rings. The largest absolute Gasteiger partial charge is 0.497 e. The van der Waals surface area contributed by atoms with Gasteiger partial charge >= 0.3 is 0 Å². The SMILES string of the molecule is COc1cccc(-c2ccc(/C=C3/CCCN=C3c3cccnc3)c(F)c2)c1. The van der Waals surface area contributed by atoms with Gasteiger partial charge in [-0.15, -0.1) is 0 Å². The minimum atomic E-state index is -0.246. The fraction of sp³-hybridized carbons (Fsp3) is 0.167. The van der Waals surface area contributed by atoms with E-state index in [1.165, 1.54) is 0 Å². The summed E-state index contributed by atoms with van der Waals surface area (Å²) in [5.41, 5.74) is 5.25. The molecule has 0 spiro atoms. The van der Waals surface area contributed by atoms with Crippen molar-refractivity contribution in [3.05, 3.63) is 89.5 Å². The third-order valence-corrected chi connectivity index (χ3v) is 4.85. The first kappa shape index (κ1) is 18.1. The van der Waals surface area contributed by atoms with Gasteiger partial charge in [-0.1, -0.05) is 24.3 Å². The Kier molecular flexibility index (Phi) is 5.29. The van der Waals surface area contributed by atoms with Crippen LogP contribution in [0.25, 0.3) is 17.2 Å². The molecule has 0 atom stereocenters. The number of methoxy groups -OCH3 is 1. The van der Waals surface area contributed by atoms with E-state index in [4.69, 9.17) is 4.74 Å². The van der Waals surface area contributed by atoms with Crippen LogP contribution in [0.5, 0.6) is 5.75 Å².